The highest BCUT2D eigenvalue weighted by atomic mass is 79.9. The number of amides is 2. The Morgan fingerprint density at radius 1 is 1.00 bits per heavy atom. The van der Waals surface area contributed by atoms with Gasteiger partial charge in [-0.1, -0.05) is 86.4 Å². The zero-order chi connectivity index (χ0) is 27.7. The Kier molecular flexibility index (Phi) is 11.5. The van der Waals surface area contributed by atoms with Gasteiger partial charge >= 0.3 is 0 Å². The Morgan fingerprint density at radius 2 is 1.68 bits per heavy atom. The Morgan fingerprint density at radius 3 is 2.29 bits per heavy atom. The maximum Gasteiger partial charge on any atom is 0.261 e. The quantitative estimate of drug-likeness (QED) is 0.229. The van der Waals surface area contributed by atoms with E-state index >= 15 is 0 Å². The smallest absolute Gasteiger partial charge is 0.261 e. The average molecular weight is 620 g/mol. The molecule has 0 saturated carbocycles. The first kappa shape index (κ1) is 30.0. The number of nitrogens with zero attached hydrogens (tertiary/aromatic N) is 1. The van der Waals surface area contributed by atoms with Crippen LogP contribution in [-0.2, 0) is 22.6 Å². The van der Waals surface area contributed by atoms with Crippen LogP contribution in [0.5, 0.6) is 5.75 Å². The molecule has 0 aliphatic carbocycles. The molecule has 202 valence electrons. The SMILES string of the molecule is CCCNC(=O)[C@@H](Cc1ccccc1)N(Cc1c(Cl)cccc1Cl)C(=O)COc1ccc(C(C)C)cc1Br. The summed E-state index contributed by atoms with van der Waals surface area (Å²) in [5.74, 6) is 0.315. The highest BCUT2D eigenvalue weighted by molar-refractivity contribution is 9.10. The molecule has 1 atom stereocenters. The molecule has 0 aliphatic rings. The maximum atomic E-state index is 13.8. The number of hydrogen-bond acceptors (Lipinski definition) is 3. The number of rotatable bonds is 12. The number of hydrogen-bond donors (Lipinski definition) is 1. The summed E-state index contributed by atoms with van der Waals surface area (Å²) in [5.41, 5.74) is 2.66. The normalized spacial score (nSPS) is 11.8. The summed E-state index contributed by atoms with van der Waals surface area (Å²) in [5, 5.41) is 3.81. The molecule has 5 nitrogen and oxygen atoms in total. The van der Waals surface area contributed by atoms with Crippen LogP contribution in [-0.4, -0.2) is 35.9 Å². The monoisotopic (exact) mass is 618 g/mol. The van der Waals surface area contributed by atoms with Gasteiger partial charge in [-0.05, 0) is 63.7 Å². The minimum atomic E-state index is -0.792. The molecule has 3 aromatic carbocycles. The third-order valence-corrected chi connectivity index (χ3v) is 7.51. The molecule has 2 amide bonds. The van der Waals surface area contributed by atoms with E-state index in [0.29, 0.717) is 40.2 Å². The molecule has 8 heteroatoms. The van der Waals surface area contributed by atoms with Gasteiger partial charge in [0.25, 0.3) is 5.91 Å². The van der Waals surface area contributed by atoms with Crippen LogP contribution >= 0.6 is 39.1 Å². The predicted octanol–water partition coefficient (Wildman–Crippen LogP) is 7.42. The lowest BCUT2D eigenvalue weighted by Gasteiger charge is -2.32. The van der Waals surface area contributed by atoms with Gasteiger partial charge < -0.3 is 15.0 Å². The van der Waals surface area contributed by atoms with Crippen LogP contribution in [0.2, 0.25) is 10.0 Å². The zero-order valence-corrected chi connectivity index (χ0v) is 24.9. The fraction of sp³-hybridized carbons (Fsp3) is 0.333. The Hall–Kier alpha value is -2.54. The molecule has 0 fully saturated rings. The van der Waals surface area contributed by atoms with Gasteiger partial charge in [0.05, 0.1) is 4.47 Å². The minimum absolute atomic E-state index is 0.0607. The first-order chi connectivity index (χ1) is 18.2. The molecule has 0 bridgehead atoms. The second-order valence-corrected chi connectivity index (χ2v) is 11.0. The van der Waals surface area contributed by atoms with Gasteiger partial charge in [0, 0.05) is 35.1 Å². The summed E-state index contributed by atoms with van der Waals surface area (Å²) >= 11 is 16.5. The molecule has 0 saturated heterocycles. The van der Waals surface area contributed by atoms with Crippen LogP contribution in [0.3, 0.4) is 0 Å². The lowest BCUT2D eigenvalue weighted by atomic mass is 10.0. The molecule has 0 heterocycles. The van der Waals surface area contributed by atoms with Crippen molar-refractivity contribution in [1.29, 1.82) is 0 Å². The number of carbonyl (C=O) groups is 2. The van der Waals surface area contributed by atoms with Gasteiger partial charge in [-0.15, -0.1) is 0 Å². The fourth-order valence-electron chi connectivity index (χ4n) is 3.99. The van der Waals surface area contributed by atoms with Crippen molar-refractivity contribution in [3.63, 3.8) is 0 Å². The largest absolute Gasteiger partial charge is 0.483 e. The number of ether oxygens (including phenoxy) is 1. The highest BCUT2D eigenvalue weighted by Crippen LogP contribution is 2.30. The van der Waals surface area contributed by atoms with E-state index in [9.17, 15) is 9.59 Å². The summed E-state index contributed by atoms with van der Waals surface area (Å²) in [6.07, 6.45) is 1.11. The van der Waals surface area contributed by atoms with Crippen molar-refractivity contribution < 1.29 is 14.3 Å². The van der Waals surface area contributed by atoms with Crippen LogP contribution in [0.1, 0.15) is 49.8 Å². The molecule has 38 heavy (non-hydrogen) atoms. The highest BCUT2D eigenvalue weighted by Gasteiger charge is 2.31. The van der Waals surface area contributed by atoms with E-state index in [1.165, 1.54) is 4.90 Å². The maximum absolute atomic E-state index is 13.8. The molecule has 0 radical (unpaired) electrons. The lowest BCUT2D eigenvalue weighted by molar-refractivity contribution is -0.142. The summed E-state index contributed by atoms with van der Waals surface area (Å²) in [4.78, 5) is 28.7. The van der Waals surface area contributed by atoms with E-state index in [-0.39, 0.29) is 25.0 Å². The third kappa shape index (κ3) is 8.23. The predicted molar refractivity (Wildman–Crippen MR) is 158 cm³/mol. The van der Waals surface area contributed by atoms with Crippen LogP contribution in [0.4, 0.5) is 0 Å². The van der Waals surface area contributed by atoms with Crippen molar-refractivity contribution in [3.8, 4) is 5.75 Å². The van der Waals surface area contributed by atoms with Crippen molar-refractivity contribution in [2.45, 2.75) is 52.1 Å². The van der Waals surface area contributed by atoms with E-state index in [1.54, 1.807) is 18.2 Å². The zero-order valence-electron chi connectivity index (χ0n) is 21.8. The van der Waals surface area contributed by atoms with Crippen molar-refractivity contribution in [3.05, 3.63) is 97.9 Å². The van der Waals surface area contributed by atoms with E-state index in [0.717, 1.165) is 22.0 Å². The summed E-state index contributed by atoms with van der Waals surface area (Å²) < 4.78 is 6.70. The average Bonchev–Trinajstić information content (AvgIpc) is 2.90. The number of carbonyl (C=O) groups excluding carboxylic acids is 2. The summed E-state index contributed by atoms with van der Waals surface area (Å²) in [6, 6.07) is 19.8. The number of nitrogens with one attached hydrogen (secondary N) is 1. The molecule has 1 N–H and O–H groups in total. The second-order valence-electron chi connectivity index (χ2n) is 9.35. The van der Waals surface area contributed by atoms with Gasteiger partial charge in [-0.3, -0.25) is 9.59 Å². The van der Waals surface area contributed by atoms with E-state index in [2.05, 4.69) is 35.1 Å². The summed E-state index contributed by atoms with van der Waals surface area (Å²) in [7, 11) is 0. The molecule has 3 aromatic rings. The van der Waals surface area contributed by atoms with Crippen molar-refractivity contribution >= 4 is 50.9 Å². The molecule has 0 spiro atoms. The van der Waals surface area contributed by atoms with Crippen LogP contribution < -0.4 is 10.1 Å². The molecule has 0 aromatic heterocycles. The van der Waals surface area contributed by atoms with Gasteiger partial charge in [-0.25, -0.2) is 0 Å². The molecular formula is C30H33BrCl2N2O3. The third-order valence-electron chi connectivity index (χ3n) is 6.18. The topological polar surface area (TPSA) is 58.6 Å². The first-order valence-electron chi connectivity index (χ1n) is 12.7. The van der Waals surface area contributed by atoms with E-state index in [1.807, 2.05) is 55.5 Å². The standard InChI is InChI=1S/C30H33BrCl2N2O3/c1-4-15-34-30(37)27(16-21-9-6-5-7-10-21)35(18-23-25(32)11-8-12-26(23)33)29(36)19-38-28-14-13-22(20(2)3)17-24(28)31/h5-14,17,20,27H,4,15-16,18-19H2,1-3H3,(H,34,37)/t27-/m1/s1. The van der Waals surface area contributed by atoms with Gasteiger partial charge in [0.15, 0.2) is 6.61 Å². The fourth-order valence-corrected chi connectivity index (χ4v) is 5.02. The number of halogens is 3. The number of benzene rings is 3. The Balaban J connectivity index is 1.94. The van der Waals surface area contributed by atoms with Gasteiger partial charge in [-0.2, -0.15) is 0 Å². The van der Waals surface area contributed by atoms with Gasteiger partial charge in [0.2, 0.25) is 5.91 Å². The van der Waals surface area contributed by atoms with Crippen molar-refractivity contribution in [2.24, 2.45) is 0 Å². The van der Waals surface area contributed by atoms with E-state index in [4.69, 9.17) is 27.9 Å². The van der Waals surface area contributed by atoms with Crippen molar-refractivity contribution in [1.82, 2.24) is 10.2 Å². The first-order valence-corrected chi connectivity index (χ1v) is 14.2. The molecule has 0 aliphatic heterocycles. The minimum Gasteiger partial charge on any atom is -0.483 e. The molecule has 3 rings (SSSR count). The lowest BCUT2D eigenvalue weighted by Crippen LogP contribution is -2.51. The van der Waals surface area contributed by atoms with Crippen LogP contribution in [0.25, 0.3) is 0 Å². The molecule has 0 unspecified atom stereocenters. The van der Waals surface area contributed by atoms with Crippen molar-refractivity contribution in [2.75, 3.05) is 13.2 Å². The van der Waals surface area contributed by atoms with E-state index < -0.39 is 6.04 Å². The van der Waals surface area contributed by atoms with Crippen LogP contribution in [0, 0.1) is 0 Å². The summed E-state index contributed by atoms with van der Waals surface area (Å²) in [6.45, 7) is 6.51. The Bertz CT molecular complexity index is 1220. The Labute approximate surface area is 243 Å². The second kappa shape index (κ2) is 14.6. The van der Waals surface area contributed by atoms with Gasteiger partial charge in [0.1, 0.15) is 11.8 Å². The molecular weight excluding hydrogens is 587 g/mol. The van der Waals surface area contributed by atoms with Crippen LogP contribution in [0.15, 0.2) is 71.2 Å².